The van der Waals surface area contributed by atoms with Crippen LogP contribution in [0, 0.1) is 11.3 Å². The molecular formula is C20H15BF6N2O5. The van der Waals surface area contributed by atoms with Gasteiger partial charge in [-0.1, -0.05) is 6.07 Å². The Morgan fingerprint density at radius 2 is 1.82 bits per heavy atom. The largest absolute Gasteiger partial charge is 0.573 e. The lowest BCUT2D eigenvalue weighted by Gasteiger charge is -2.25. The van der Waals surface area contributed by atoms with Crippen molar-refractivity contribution in [3.05, 3.63) is 53.1 Å². The van der Waals surface area contributed by atoms with Gasteiger partial charge in [-0.3, -0.25) is 4.79 Å². The van der Waals surface area contributed by atoms with Crippen molar-refractivity contribution >= 4 is 18.5 Å². The molecule has 0 saturated heterocycles. The molecule has 0 aliphatic carbocycles. The molecule has 0 spiro atoms. The number of amides is 1. The number of carbonyl (C=O) groups excluding carboxylic acids is 1. The van der Waals surface area contributed by atoms with Crippen molar-refractivity contribution in [1.29, 1.82) is 5.26 Å². The molecule has 1 atom stereocenters. The number of benzene rings is 2. The van der Waals surface area contributed by atoms with E-state index in [4.69, 9.17) is 9.39 Å². The first-order valence-corrected chi connectivity index (χ1v) is 9.47. The third kappa shape index (κ3) is 5.73. The van der Waals surface area contributed by atoms with Crippen LogP contribution >= 0.6 is 0 Å². The summed E-state index contributed by atoms with van der Waals surface area (Å²) in [5, 5.41) is 21.6. The van der Waals surface area contributed by atoms with Crippen molar-refractivity contribution in [2.45, 2.75) is 31.6 Å². The minimum absolute atomic E-state index is 0.126. The van der Waals surface area contributed by atoms with Gasteiger partial charge < -0.3 is 24.5 Å². The highest BCUT2D eigenvalue weighted by Crippen LogP contribution is 2.37. The van der Waals surface area contributed by atoms with E-state index in [9.17, 15) is 41.4 Å². The molecule has 3 rings (SSSR count). The minimum Gasteiger partial charge on any atom is -0.489 e. The first kappa shape index (κ1) is 25.2. The third-order valence-corrected chi connectivity index (χ3v) is 4.73. The van der Waals surface area contributed by atoms with Crippen LogP contribution in [0.5, 0.6) is 11.5 Å². The first-order chi connectivity index (χ1) is 15.7. The van der Waals surface area contributed by atoms with Gasteiger partial charge in [-0.15, -0.1) is 13.2 Å². The van der Waals surface area contributed by atoms with Crippen LogP contribution in [0.4, 0.5) is 26.3 Å². The summed E-state index contributed by atoms with van der Waals surface area (Å²) in [6.07, 6.45) is -9.84. The summed E-state index contributed by atoms with van der Waals surface area (Å²) in [5.74, 6) is -2.14. The third-order valence-electron chi connectivity index (χ3n) is 4.73. The molecule has 14 heteroatoms. The topological polar surface area (TPSA) is 101 Å². The SMILES string of the molecule is CC(C#N)(COc1ccc2c(c1C(F)(F)F)B(O)OC2)NC(=O)c1ccc(OC(F)(F)F)cc1. The molecule has 1 unspecified atom stereocenters. The number of carbonyl (C=O) groups is 1. The van der Waals surface area contributed by atoms with E-state index in [2.05, 4.69) is 10.1 Å². The van der Waals surface area contributed by atoms with E-state index in [1.165, 1.54) is 13.0 Å². The molecule has 34 heavy (non-hydrogen) atoms. The fourth-order valence-corrected chi connectivity index (χ4v) is 3.16. The lowest BCUT2D eigenvalue weighted by molar-refractivity contribution is -0.274. The van der Waals surface area contributed by atoms with Gasteiger partial charge in [0.1, 0.15) is 18.1 Å². The molecule has 1 aliphatic rings. The summed E-state index contributed by atoms with van der Waals surface area (Å²) >= 11 is 0. The predicted molar refractivity (Wildman–Crippen MR) is 104 cm³/mol. The number of rotatable bonds is 6. The quantitative estimate of drug-likeness (QED) is 0.480. The fourth-order valence-electron chi connectivity index (χ4n) is 3.16. The zero-order valence-corrected chi connectivity index (χ0v) is 17.3. The van der Waals surface area contributed by atoms with Crippen LogP contribution in [0.3, 0.4) is 0 Å². The number of ether oxygens (including phenoxy) is 2. The maximum absolute atomic E-state index is 13.7. The number of halogens is 6. The van der Waals surface area contributed by atoms with Gasteiger partial charge in [0, 0.05) is 11.0 Å². The Labute approximate surface area is 189 Å². The smallest absolute Gasteiger partial charge is 0.489 e. The van der Waals surface area contributed by atoms with Crippen LogP contribution in [0.15, 0.2) is 36.4 Å². The zero-order chi connectivity index (χ0) is 25.3. The number of hydrogen-bond acceptors (Lipinski definition) is 6. The average molecular weight is 488 g/mol. The zero-order valence-electron chi connectivity index (χ0n) is 17.3. The Kier molecular flexibility index (Phi) is 6.72. The van der Waals surface area contributed by atoms with Gasteiger partial charge in [-0.2, -0.15) is 18.4 Å². The molecule has 180 valence electrons. The Morgan fingerprint density at radius 3 is 2.38 bits per heavy atom. The van der Waals surface area contributed by atoms with Crippen LogP contribution in [-0.2, 0) is 17.4 Å². The number of nitrogens with zero attached hydrogens (tertiary/aromatic N) is 1. The van der Waals surface area contributed by atoms with E-state index in [1.54, 1.807) is 6.07 Å². The van der Waals surface area contributed by atoms with E-state index >= 15 is 0 Å². The van der Waals surface area contributed by atoms with Crippen molar-refractivity contribution in [3.63, 3.8) is 0 Å². The van der Waals surface area contributed by atoms with E-state index in [0.29, 0.717) is 0 Å². The van der Waals surface area contributed by atoms with Crippen LogP contribution < -0.4 is 20.3 Å². The van der Waals surface area contributed by atoms with E-state index < -0.39 is 60.2 Å². The van der Waals surface area contributed by atoms with Crippen LogP contribution in [0.1, 0.15) is 28.4 Å². The summed E-state index contributed by atoms with van der Waals surface area (Å²) in [5.41, 5.74) is -3.59. The first-order valence-electron chi connectivity index (χ1n) is 9.47. The Bertz CT molecular complexity index is 1120. The van der Waals surface area contributed by atoms with Gasteiger partial charge in [0.25, 0.3) is 5.91 Å². The van der Waals surface area contributed by atoms with Crippen LogP contribution in [-0.4, -0.2) is 36.6 Å². The van der Waals surface area contributed by atoms with Gasteiger partial charge >= 0.3 is 19.7 Å². The lowest BCUT2D eigenvalue weighted by Crippen LogP contribution is -2.49. The second kappa shape index (κ2) is 9.07. The number of alkyl halides is 6. The Hall–Kier alpha value is -3.44. The van der Waals surface area contributed by atoms with Crippen molar-refractivity contribution < 1.29 is 50.3 Å². The number of hydrogen-bond donors (Lipinski definition) is 2. The monoisotopic (exact) mass is 488 g/mol. The molecule has 2 aromatic carbocycles. The van der Waals surface area contributed by atoms with Gasteiger partial charge in [0.05, 0.1) is 18.2 Å². The maximum Gasteiger partial charge on any atom is 0.573 e. The van der Waals surface area contributed by atoms with Crippen molar-refractivity contribution in [2.24, 2.45) is 0 Å². The van der Waals surface area contributed by atoms with E-state index in [0.717, 1.165) is 30.3 Å². The molecule has 0 fully saturated rings. The van der Waals surface area contributed by atoms with Gasteiger partial charge in [0.15, 0.2) is 5.54 Å². The average Bonchev–Trinajstić information content (AvgIpc) is 3.11. The minimum atomic E-state index is -4.92. The van der Waals surface area contributed by atoms with Crippen molar-refractivity contribution in [1.82, 2.24) is 5.32 Å². The van der Waals surface area contributed by atoms with Crippen molar-refractivity contribution in [2.75, 3.05) is 6.61 Å². The molecule has 2 aromatic rings. The summed E-state index contributed by atoms with van der Waals surface area (Å²) in [4.78, 5) is 12.4. The fraction of sp³-hybridized carbons (Fsp3) is 0.300. The molecule has 1 heterocycles. The number of fused-ring (bicyclic) bond motifs is 1. The maximum atomic E-state index is 13.7. The second-order valence-electron chi connectivity index (χ2n) is 7.43. The predicted octanol–water partition coefficient (Wildman–Crippen LogP) is 2.91. The number of nitriles is 1. The van der Waals surface area contributed by atoms with E-state index in [1.807, 2.05) is 0 Å². The molecule has 7 nitrogen and oxygen atoms in total. The van der Waals surface area contributed by atoms with Crippen molar-refractivity contribution in [3.8, 4) is 17.6 Å². The summed E-state index contributed by atoms with van der Waals surface area (Å²) in [6, 6.07) is 7.82. The van der Waals surface area contributed by atoms with Crippen LogP contribution in [0.25, 0.3) is 0 Å². The Morgan fingerprint density at radius 1 is 1.18 bits per heavy atom. The molecule has 2 N–H and O–H groups in total. The highest BCUT2D eigenvalue weighted by molar-refractivity contribution is 6.62. The molecule has 0 bridgehead atoms. The molecule has 1 amide bonds. The molecule has 0 saturated carbocycles. The highest BCUT2D eigenvalue weighted by Gasteiger charge is 2.44. The highest BCUT2D eigenvalue weighted by atomic mass is 19.4. The van der Waals surface area contributed by atoms with Gasteiger partial charge in [0.2, 0.25) is 0 Å². The second-order valence-corrected chi connectivity index (χ2v) is 7.43. The molecule has 0 radical (unpaired) electrons. The summed E-state index contributed by atoms with van der Waals surface area (Å²) < 4.78 is 91.6. The van der Waals surface area contributed by atoms with Gasteiger partial charge in [-0.25, -0.2) is 0 Å². The van der Waals surface area contributed by atoms with Gasteiger partial charge in [-0.05, 0) is 42.8 Å². The van der Waals surface area contributed by atoms with E-state index in [-0.39, 0.29) is 17.7 Å². The molecule has 1 aliphatic heterocycles. The summed E-state index contributed by atoms with van der Waals surface area (Å²) in [7, 11) is -1.80. The lowest BCUT2D eigenvalue weighted by atomic mass is 9.75. The molecule has 0 aromatic heterocycles. The van der Waals surface area contributed by atoms with Crippen LogP contribution in [0.2, 0.25) is 0 Å². The Balaban J connectivity index is 1.76. The number of nitrogens with one attached hydrogen (secondary N) is 1. The molecular weight excluding hydrogens is 473 g/mol. The normalized spacial score (nSPS) is 15.2. The standard InChI is InChI=1S/C20H15BF6N2O5/c1-18(9-28,29-17(30)11-2-5-13(6-3-11)34-20(25,26)27)10-32-14-7-4-12-8-33-21(31)16(12)15(14)19(22,23)24/h2-7,31H,8,10H2,1H3,(H,29,30). The summed E-state index contributed by atoms with van der Waals surface area (Å²) in [6.45, 7) is 0.243.